The van der Waals surface area contributed by atoms with Gasteiger partial charge in [0, 0.05) is 12.6 Å². The minimum atomic E-state index is -3.43. The lowest BCUT2D eigenvalue weighted by molar-refractivity contribution is 0.0942. The van der Waals surface area contributed by atoms with E-state index in [4.69, 9.17) is 5.73 Å². The van der Waals surface area contributed by atoms with Gasteiger partial charge in [0.05, 0.1) is 17.5 Å². The number of benzene rings is 1. The largest absolute Gasteiger partial charge is 0.348 e. The maximum atomic E-state index is 12.1. The Labute approximate surface area is 113 Å². The summed E-state index contributed by atoms with van der Waals surface area (Å²) in [5.74, 6) is -0.354. The van der Waals surface area contributed by atoms with Gasteiger partial charge in [-0.05, 0) is 26.0 Å². The molecular weight excluding hydrogens is 266 g/mol. The van der Waals surface area contributed by atoms with Crippen LogP contribution in [0.1, 0.15) is 22.8 Å². The van der Waals surface area contributed by atoms with Gasteiger partial charge >= 0.3 is 0 Å². The Morgan fingerprint density at radius 3 is 2.58 bits per heavy atom. The molecule has 0 aliphatic heterocycles. The van der Waals surface area contributed by atoms with Crippen molar-refractivity contribution >= 4 is 21.6 Å². The van der Waals surface area contributed by atoms with E-state index < -0.39 is 10.0 Å². The molecule has 1 atom stereocenters. The molecule has 0 saturated heterocycles. The summed E-state index contributed by atoms with van der Waals surface area (Å²) in [4.78, 5) is 12.1. The quantitative estimate of drug-likeness (QED) is 0.730. The molecule has 0 saturated carbocycles. The van der Waals surface area contributed by atoms with Crippen LogP contribution in [0.2, 0.25) is 0 Å². The molecule has 1 aromatic rings. The van der Waals surface area contributed by atoms with E-state index in [2.05, 4.69) is 10.0 Å². The fourth-order valence-electron chi connectivity index (χ4n) is 1.50. The third kappa shape index (κ3) is 4.88. The van der Waals surface area contributed by atoms with Crippen LogP contribution in [0.4, 0.5) is 5.69 Å². The first kappa shape index (κ1) is 15.5. The summed E-state index contributed by atoms with van der Waals surface area (Å²) in [5, 5.41) is 2.70. The minimum Gasteiger partial charge on any atom is -0.348 e. The zero-order valence-electron chi connectivity index (χ0n) is 11.2. The SMILES string of the molecule is Cc1ccc(NS(C)(=O)=O)c(C(=O)N[C@@H](C)CN)c1. The Bertz CT molecular complexity index is 570. The molecule has 0 unspecified atom stereocenters. The van der Waals surface area contributed by atoms with Crippen molar-refractivity contribution in [1.29, 1.82) is 0 Å². The molecule has 1 amide bonds. The molecule has 0 fully saturated rings. The lowest BCUT2D eigenvalue weighted by Crippen LogP contribution is -2.38. The van der Waals surface area contributed by atoms with E-state index in [0.29, 0.717) is 6.54 Å². The summed E-state index contributed by atoms with van der Waals surface area (Å²) in [6.07, 6.45) is 1.04. The topological polar surface area (TPSA) is 101 Å². The molecule has 106 valence electrons. The Balaban J connectivity index is 3.10. The number of hydrogen-bond acceptors (Lipinski definition) is 4. The Hall–Kier alpha value is -1.60. The maximum absolute atomic E-state index is 12.1. The number of anilines is 1. The molecule has 0 aliphatic rings. The normalized spacial score (nSPS) is 12.8. The average Bonchev–Trinajstić information content (AvgIpc) is 2.29. The first-order chi connectivity index (χ1) is 8.73. The highest BCUT2D eigenvalue weighted by atomic mass is 32.2. The zero-order valence-corrected chi connectivity index (χ0v) is 12.0. The fourth-order valence-corrected chi connectivity index (χ4v) is 2.07. The van der Waals surface area contributed by atoms with Gasteiger partial charge in [-0.15, -0.1) is 0 Å². The lowest BCUT2D eigenvalue weighted by atomic mass is 10.1. The van der Waals surface area contributed by atoms with E-state index in [9.17, 15) is 13.2 Å². The Kier molecular flexibility index (Phi) is 4.90. The lowest BCUT2D eigenvalue weighted by Gasteiger charge is -2.15. The van der Waals surface area contributed by atoms with Gasteiger partial charge in [-0.2, -0.15) is 0 Å². The number of amides is 1. The van der Waals surface area contributed by atoms with Crippen molar-refractivity contribution < 1.29 is 13.2 Å². The molecule has 0 heterocycles. The van der Waals surface area contributed by atoms with Crippen molar-refractivity contribution in [3.63, 3.8) is 0 Å². The number of nitrogens with one attached hydrogen (secondary N) is 2. The molecule has 7 heteroatoms. The highest BCUT2D eigenvalue weighted by molar-refractivity contribution is 7.92. The van der Waals surface area contributed by atoms with Crippen molar-refractivity contribution in [3.05, 3.63) is 29.3 Å². The highest BCUT2D eigenvalue weighted by Crippen LogP contribution is 2.18. The molecule has 0 radical (unpaired) electrons. The molecule has 1 rings (SSSR count). The zero-order chi connectivity index (χ0) is 14.6. The summed E-state index contributed by atoms with van der Waals surface area (Å²) in [6, 6.07) is 4.75. The fraction of sp³-hybridized carbons (Fsp3) is 0.417. The molecule has 0 aliphatic carbocycles. The third-order valence-electron chi connectivity index (χ3n) is 2.45. The smallest absolute Gasteiger partial charge is 0.253 e. The van der Waals surface area contributed by atoms with Crippen LogP contribution < -0.4 is 15.8 Å². The van der Waals surface area contributed by atoms with Crippen LogP contribution in [0.25, 0.3) is 0 Å². The summed E-state index contributed by atoms with van der Waals surface area (Å²) in [6.45, 7) is 3.91. The molecule has 0 aromatic heterocycles. The number of carbonyl (C=O) groups is 1. The summed E-state index contributed by atoms with van der Waals surface area (Å²) in [7, 11) is -3.43. The minimum absolute atomic E-state index is 0.181. The Morgan fingerprint density at radius 1 is 1.42 bits per heavy atom. The van der Waals surface area contributed by atoms with Crippen LogP contribution in [0.3, 0.4) is 0 Å². The van der Waals surface area contributed by atoms with Gasteiger partial charge in [0.2, 0.25) is 10.0 Å². The molecule has 0 bridgehead atoms. The molecule has 0 spiro atoms. The van der Waals surface area contributed by atoms with Gasteiger partial charge < -0.3 is 11.1 Å². The van der Waals surface area contributed by atoms with E-state index in [-0.39, 0.29) is 23.2 Å². The van der Waals surface area contributed by atoms with Gasteiger partial charge in [-0.1, -0.05) is 11.6 Å². The first-order valence-electron chi connectivity index (χ1n) is 5.82. The molecule has 1 aromatic carbocycles. The van der Waals surface area contributed by atoms with E-state index in [1.165, 1.54) is 0 Å². The number of sulfonamides is 1. The predicted molar refractivity (Wildman–Crippen MR) is 75.6 cm³/mol. The second kappa shape index (κ2) is 6.03. The number of rotatable bonds is 5. The van der Waals surface area contributed by atoms with E-state index in [1.54, 1.807) is 25.1 Å². The number of aryl methyl sites for hydroxylation is 1. The van der Waals surface area contributed by atoms with Gasteiger partial charge in [-0.3, -0.25) is 9.52 Å². The second-order valence-electron chi connectivity index (χ2n) is 4.53. The van der Waals surface area contributed by atoms with Crippen molar-refractivity contribution in [3.8, 4) is 0 Å². The van der Waals surface area contributed by atoms with Gasteiger partial charge in [-0.25, -0.2) is 8.42 Å². The molecular formula is C12H19N3O3S. The van der Waals surface area contributed by atoms with Crippen molar-refractivity contribution in [2.24, 2.45) is 5.73 Å². The van der Waals surface area contributed by atoms with Crippen LogP contribution in [0.5, 0.6) is 0 Å². The number of nitrogens with two attached hydrogens (primary N) is 1. The summed E-state index contributed by atoms with van der Waals surface area (Å²) in [5.41, 5.74) is 6.85. The first-order valence-corrected chi connectivity index (χ1v) is 7.71. The second-order valence-corrected chi connectivity index (χ2v) is 6.28. The highest BCUT2D eigenvalue weighted by Gasteiger charge is 2.15. The van der Waals surface area contributed by atoms with Crippen LogP contribution in [-0.2, 0) is 10.0 Å². The number of carbonyl (C=O) groups excluding carboxylic acids is 1. The van der Waals surface area contributed by atoms with Crippen molar-refractivity contribution in [2.75, 3.05) is 17.5 Å². The summed E-state index contributed by atoms with van der Waals surface area (Å²) >= 11 is 0. The Morgan fingerprint density at radius 2 is 2.05 bits per heavy atom. The van der Waals surface area contributed by atoms with Crippen molar-refractivity contribution in [2.45, 2.75) is 19.9 Å². The van der Waals surface area contributed by atoms with E-state index in [0.717, 1.165) is 11.8 Å². The van der Waals surface area contributed by atoms with Gasteiger partial charge in [0.15, 0.2) is 0 Å². The molecule has 19 heavy (non-hydrogen) atoms. The van der Waals surface area contributed by atoms with Crippen LogP contribution >= 0.6 is 0 Å². The maximum Gasteiger partial charge on any atom is 0.253 e. The monoisotopic (exact) mass is 285 g/mol. The van der Waals surface area contributed by atoms with Crippen LogP contribution in [0.15, 0.2) is 18.2 Å². The van der Waals surface area contributed by atoms with Crippen molar-refractivity contribution in [1.82, 2.24) is 5.32 Å². The van der Waals surface area contributed by atoms with Gasteiger partial charge in [0.25, 0.3) is 5.91 Å². The van der Waals surface area contributed by atoms with Crippen LogP contribution in [0, 0.1) is 6.92 Å². The van der Waals surface area contributed by atoms with Crippen LogP contribution in [-0.4, -0.2) is 33.2 Å². The third-order valence-corrected chi connectivity index (χ3v) is 3.04. The average molecular weight is 285 g/mol. The number of hydrogen-bond donors (Lipinski definition) is 3. The molecule has 4 N–H and O–H groups in total. The van der Waals surface area contributed by atoms with Gasteiger partial charge in [0.1, 0.15) is 0 Å². The van der Waals surface area contributed by atoms with E-state index >= 15 is 0 Å². The molecule has 6 nitrogen and oxygen atoms in total. The predicted octanol–water partition coefficient (Wildman–Crippen LogP) is 0.444. The standard InChI is InChI=1S/C12H19N3O3S/c1-8-4-5-11(15-19(3,17)18)10(6-8)12(16)14-9(2)7-13/h4-6,9,15H,7,13H2,1-3H3,(H,14,16)/t9-/m0/s1. The summed E-state index contributed by atoms with van der Waals surface area (Å²) < 4.78 is 24.9. The van der Waals surface area contributed by atoms with E-state index in [1.807, 2.05) is 6.92 Å².